The van der Waals surface area contributed by atoms with Crippen LogP contribution >= 0.6 is 34.5 Å². The van der Waals surface area contributed by atoms with Gasteiger partial charge >= 0.3 is 5.97 Å². The fourth-order valence-electron chi connectivity index (χ4n) is 1.30. The maximum atomic E-state index is 12.0. The Hall–Kier alpha value is -1.30. The van der Waals surface area contributed by atoms with E-state index in [1.165, 1.54) is 25.3 Å². The Labute approximate surface area is 116 Å². The second-order valence-electron chi connectivity index (χ2n) is 3.22. The number of hydrogen-bond donors (Lipinski definition) is 0. The second kappa shape index (κ2) is 5.14. The highest BCUT2D eigenvalue weighted by molar-refractivity contribution is 7.20. The zero-order valence-corrected chi connectivity index (χ0v) is 11.4. The van der Waals surface area contributed by atoms with Crippen molar-refractivity contribution in [3.8, 4) is 0 Å². The summed E-state index contributed by atoms with van der Waals surface area (Å²) < 4.78 is 10.3. The van der Waals surface area contributed by atoms with Crippen molar-refractivity contribution in [1.82, 2.24) is 0 Å². The Balaban J connectivity index is 2.32. The molecular weight excluding hydrogens is 299 g/mol. The van der Waals surface area contributed by atoms with Gasteiger partial charge in [0.1, 0.15) is 4.34 Å². The molecule has 0 aliphatic heterocycles. The van der Waals surface area contributed by atoms with E-state index in [1.807, 2.05) is 0 Å². The van der Waals surface area contributed by atoms with E-state index < -0.39 is 11.8 Å². The lowest BCUT2D eigenvalue weighted by Crippen LogP contribution is -2.00. The van der Waals surface area contributed by atoms with Gasteiger partial charge in [-0.3, -0.25) is 4.79 Å². The number of ether oxygens (including phenoxy) is 1. The Morgan fingerprint density at radius 3 is 2.50 bits per heavy atom. The van der Waals surface area contributed by atoms with Crippen molar-refractivity contribution in [2.75, 3.05) is 7.11 Å². The number of carbonyl (C=O) groups is 2. The maximum Gasteiger partial charge on any atom is 0.373 e. The van der Waals surface area contributed by atoms with Crippen molar-refractivity contribution in [1.29, 1.82) is 0 Å². The largest absolute Gasteiger partial charge is 0.463 e. The van der Waals surface area contributed by atoms with E-state index in [9.17, 15) is 9.59 Å². The van der Waals surface area contributed by atoms with Gasteiger partial charge in [-0.2, -0.15) is 0 Å². The molecule has 0 aliphatic carbocycles. The standard InChI is InChI=1S/C11H6Cl2O4S/c1-16-11(15)7-3-2-6(17-7)9(14)5-4-8(12)18-10(5)13/h2-4H,1H3. The van der Waals surface area contributed by atoms with Crippen LogP contribution in [0.2, 0.25) is 8.67 Å². The van der Waals surface area contributed by atoms with E-state index in [0.29, 0.717) is 4.34 Å². The number of carbonyl (C=O) groups excluding carboxylic acids is 2. The van der Waals surface area contributed by atoms with Crippen LogP contribution in [-0.4, -0.2) is 18.9 Å². The van der Waals surface area contributed by atoms with Crippen LogP contribution in [0.25, 0.3) is 0 Å². The van der Waals surface area contributed by atoms with Crippen LogP contribution in [-0.2, 0) is 4.74 Å². The molecule has 94 valence electrons. The molecule has 2 aromatic rings. The SMILES string of the molecule is COC(=O)c1ccc(C(=O)c2cc(Cl)sc2Cl)o1. The molecule has 0 atom stereocenters. The molecule has 0 saturated heterocycles. The van der Waals surface area contributed by atoms with Crippen LogP contribution in [0.1, 0.15) is 26.7 Å². The predicted octanol–water partition coefficient (Wildman–Crippen LogP) is 3.67. The van der Waals surface area contributed by atoms with Crippen LogP contribution < -0.4 is 0 Å². The fourth-order valence-corrected chi connectivity index (χ4v) is 2.76. The molecule has 0 aromatic carbocycles. The average Bonchev–Trinajstić information content (AvgIpc) is 2.94. The second-order valence-corrected chi connectivity index (χ2v) is 5.51. The molecular formula is C11H6Cl2O4S. The van der Waals surface area contributed by atoms with Crippen molar-refractivity contribution in [2.24, 2.45) is 0 Å². The first-order valence-electron chi connectivity index (χ1n) is 4.70. The third-order valence-corrected chi connectivity index (χ3v) is 3.61. The first-order chi connectivity index (χ1) is 8.52. The number of hydrogen-bond acceptors (Lipinski definition) is 5. The zero-order valence-electron chi connectivity index (χ0n) is 9.03. The molecule has 0 bridgehead atoms. The average molecular weight is 305 g/mol. The van der Waals surface area contributed by atoms with Gasteiger partial charge in [-0.15, -0.1) is 11.3 Å². The van der Waals surface area contributed by atoms with Crippen LogP contribution in [0.4, 0.5) is 0 Å². The molecule has 0 unspecified atom stereocenters. The third-order valence-electron chi connectivity index (χ3n) is 2.12. The number of rotatable bonds is 3. The quantitative estimate of drug-likeness (QED) is 0.641. The summed E-state index contributed by atoms with van der Waals surface area (Å²) in [6.45, 7) is 0. The molecule has 2 rings (SSSR count). The van der Waals surface area contributed by atoms with E-state index >= 15 is 0 Å². The van der Waals surface area contributed by atoms with Crippen LogP contribution in [0.15, 0.2) is 22.6 Å². The van der Waals surface area contributed by atoms with E-state index in [-0.39, 0.29) is 21.4 Å². The highest BCUT2D eigenvalue weighted by Gasteiger charge is 2.21. The smallest absolute Gasteiger partial charge is 0.373 e. The Morgan fingerprint density at radius 2 is 1.94 bits per heavy atom. The summed E-state index contributed by atoms with van der Waals surface area (Å²) in [4.78, 5) is 23.2. The third kappa shape index (κ3) is 2.43. The molecule has 7 heteroatoms. The summed E-state index contributed by atoms with van der Waals surface area (Å²) in [5, 5.41) is 0. The first-order valence-corrected chi connectivity index (χ1v) is 6.28. The van der Waals surface area contributed by atoms with Gasteiger partial charge in [0, 0.05) is 0 Å². The van der Waals surface area contributed by atoms with Gasteiger partial charge in [0.25, 0.3) is 0 Å². The van der Waals surface area contributed by atoms with Crippen molar-refractivity contribution in [2.45, 2.75) is 0 Å². The number of methoxy groups -OCH3 is 1. The van der Waals surface area contributed by atoms with Crippen molar-refractivity contribution in [3.63, 3.8) is 0 Å². The summed E-state index contributed by atoms with van der Waals surface area (Å²) in [6, 6.07) is 4.20. The summed E-state index contributed by atoms with van der Waals surface area (Å²) in [5.41, 5.74) is 0.248. The number of thiophene rings is 1. The number of halogens is 2. The molecule has 2 aromatic heterocycles. The molecule has 0 spiro atoms. The van der Waals surface area contributed by atoms with Crippen LogP contribution in [0, 0.1) is 0 Å². The normalized spacial score (nSPS) is 10.4. The summed E-state index contributed by atoms with van der Waals surface area (Å²) in [5.74, 6) is -1.12. The van der Waals surface area contributed by atoms with Gasteiger partial charge in [-0.1, -0.05) is 23.2 Å². The Kier molecular flexibility index (Phi) is 3.75. The molecule has 4 nitrogen and oxygen atoms in total. The zero-order chi connectivity index (χ0) is 13.3. The fraction of sp³-hybridized carbons (Fsp3) is 0.0909. The Bertz CT molecular complexity index is 614. The van der Waals surface area contributed by atoms with Gasteiger partial charge in [0.05, 0.1) is 17.0 Å². The van der Waals surface area contributed by atoms with Gasteiger partial charge in [0.15, 0.2) is 5.76 Å². The number of esters is 1. The lowest BCUT2D eigenvalue weighted by atomic mass is 10.2. The molecule has 0 N–H and O–H groups in total. The lowest BCUT2D eigenvalue weighted by molar-refractivity contribution is 0.0563. The van der Waals surface area contributed by atoms with Crippen molar-refractivity contribution >= 4 is 46.3 Å². The van der Waals surface area contributed by atoms with Gasteiger partial charge in [-0.05, 0) is 18.2 Å². The van der Waals surface area contributed by atoms with Crippen molar-refractivity contribution < 1.29 is 18.7 Å². The Morgan fingerprint density at radius 1 is 1.28 bits per heavy atom. The van der Waals surface area contributed by atoms with Gasteiger partial charge in [-0.25, -0.2) is 4.79 Å². The molecule has 18 heavy (non-hydrogen) atoms. The molecule has 2 heterocycles. The monoisotopic (exact) mass is 304 g/mol. The topological polar surface area (TPSA) is 56.5 Å². The summed E-state index contributed by atoms with van der Waals surface area (Å²) in [6.07, 6.45) is 0. The minimum atomic E-state index is -0.650. The lowest BCUT2D eigenvalue weighted by Gasteiger charge is -1.95. The summed E-state index contributed by atoms with van der Waals surface area (Å²) >= 11 is 12.7. The van der Waals surface area contributed by atoms with Crippen molar-refractivity contribution in [3.05, 3.63) is 44.0 Å². The minimum absolute atomic E-state index is 0.00627. The maximum absolute atomic E-state index is 12.0. The van der Waals surface area contributed by atoms with E-state index in [4.69, 9.17) is 27.6 Å². The highest BCUT2D eigenvalue weighted by Crippen LogP contribution is 2.32. The molecule has 0 aliphatic rings. The van der Waals surface area contributed by atoms with E-state index in [2.05, 4.69) is 4.74 Å². The molecule has 0 fully saturated rings. The predicted molar refractivity (Wildman–Crippen MR) is 67.8 cm³/mol. The van der Waals surface area contributed by atoms with E-state index in [1.54, 1.807) is 0 Å². The first kappa shape index (κ1) is 13.1. The van der Waals surface area contributed by atoms with Gasteiger partial charge < -0.3 is 9.15 Å². The number of furan rings is 1. The van der Waals surface area contributed by atoms with E-state index in [0.717, 1.165) is 11.3 Å². The summed E-state index contributed by atoms with van der Waals surface area (Å²) in [7, 11) is 1.22. The highest BCUT2D eigenvalue weighted by atomic mass is 35.5. The molecule has 0 amide bonds. The molecule has 0 radical (unpaired) electrons. The number of ketones is 1. The minimum Gasteiger partial charge on any atom is -0.463 e. The van der Waals surface area contributed by atoms with Crippen LogP contribution in [0.5, 0.6) is 0 Å². The van der Waals surface area contributed by atoms with Gasteiger partial charge in [0.2, 0.25) is 11.5 Å². The molecule has 0 saturated carbocycles. The van der Waals surface area contributed by atoms with Crippen LogP contribution in [0.3, 0.4) is 0 Å².